The van der Waals surface area contributed by atoms with Crippen LogP contribution in [0.3, 0.4) is 0 Å². The van der Waals surface area contributed by atoms with Crippen LogP contribution in [0.1, 0.15) is 32.1 Å². The van der Waals surface area contributed by atoms with Gasteiger partial charge in [-0.05, 0) is 12.8 Å². The zero-order valence-corrected chi connectivity index (χ0v) is 8.69. The first-order valence-corrected chi connectivity index (χ1v) is 5.28. The third-order valence-corrected chi connectivity index (χ3v) is 2.84. The minimum absolute atomic E-state index is 0.174. The van der Waals surface area contributed by atoms with E-state index in [2.05, 4.69) is 5.32 Å². The number of rotatable bonds is 1. The Morgan fingerprint density at radius 2 is 1.62 bits per heavy atom. The third-order valence-electron chi connectivity index (χ3n) is 2.84. The van der Waals surface area contributed by atoms with E-state index in [0.717, 1.165) is 4.90 Å². The Bertz CT molecular complexity index is 361. The van der Waals surface area contributed by atoms with Crippen molar-refractivity contribution >= 4 is 23.6 Å². The summed E-state index contributed by atoms with van der Waals surface area (Å²) in [7, 11) is 0. The summed E-state index contributed by atoms with van der Waals surface area (Å²) in [5, 5.41) is 2.14. The second kappa shape index (κ2) is 4.03. The van der Waals surface area contributed by atoms with Crippen molar-refractivity contribution in [3.05, 3.63) is 0 Å². The molecule has 16 heavy (non-hydrogen) atoms. The number of amides is 4. The second-order valence-corrected chi connectivity index (χ2v) is 3.98. The van der Waals surface area contributed by atoms with Crippen molar-refractivity contribution in [2.45, 2.75) is 38.1 Å². The number of carbonyl (C=O) groups is 4. The van der Waals surface area contributed by atoms with Gasteiger partial charge in [-0.2, -0.15) is 0 Å². The lowest BCUT2D eigenvalue weighted by Gasteiger charge is -2.33. The first-order valence-electron chi connectivity index (χ1n) is 5.28. The number of piperidine rings is 2. The normalized spacial score (nSPS) is 27.0. The molecule has 0 bridgehead atoms. The fraction of sp³-hybridized carbons (Fsp3) is 0.600. The van der Waals surface area contributed by atoms with Crippen molar-refractivity contribution in [1.29, 1.82) is 0 Å². The molecule has 2 fully saturated rings. The van der Waals surface area contributed by atoms with E-state index in [0.29, 0.717) is 19.3 Å². The molecule has 1 N–H and O–H groups in total. The quantitative estimate of drug-likeness (QED) is 0.599. The third kappa shape index (κ3) is 1.82. The van der Waals surface area contributed by atoms with Gasteiger partial charge in [0.15, 0.2) is 0 Å². The van der Waals surface area contributed by atoms with Crippen molar-refractivity contribution < 1.29 is 19.2 Å². The molecule has 0 aromatic heterocycles. The highest BCUT2D eigenvalue weighted by Gasteiger charge is 2.39. The Morgan fingerprint density at radius 3 is 2.19 bits per heavy atom. The Kier molecular flexibility index (Phi) is 2.72. The van der Waals surface area contributed by atoms with Gasteiger partial charge >= 0.3 is 0 Å². The largest absolute Gasteiger partial charge is 0.295 e. The van der Waals surface area contributed by atoms with E-state index in [4.69, 9.17) is 0 Å². The van der Waals surface area contributed by atoms with Crippen LogP contribution in [0, 0.1) is 0 Å². The molecule has 1 unspecified atom stereocenters. The predicted molar refractivity (Wildman–Crippen MR) is 51.9 cm³/mol. The molecule has 2 heterocycles. The Morgan fingerprint density at radius 1 is 1.00 bits per heavy atom. The minimum Gasteiger partial charge on any atom is -0.295 e. The van der Waals surface area contributed by atoms with Crippen LogP contribution in [-0.2, 0) is 19.2 Å². The van der Waals surface area contributed by atoms with Gasteiger partial charge in [0.25, 0.3) is 0 Å². The molecule has 1 atom stereocenters. The van der Waals surface area contributed by atoms with E-state index in [1.54, 1.807) is 0 Å². The number of carbonyl (C=O) groups excluding carboxylic acids is 4. The van der Waals surface area contributed by atoms with Crippen molar-refractivity contribution in [2.75, 3.05) is 0 Å². The summed E-state index contributed by atoms with van der Waals surface area (Å²) >= 11 is 0. The van der Waals surface area contributed by atoms with Gasteiger partial charge in [-0.3, -0.25) is 29.4 Å². The lowest BCUT2D eigenvalue weighted by molar-refractivity contribution is -0.157. The van der Waals surface area contributed by atoms with E-state index in [-0.39, 0.29) is 30.6 Å². The standard InChI is InChI=1S/C10H12N2O4/c13-7-5-4-6(10(16)11-7)12-8(14)2-1-3-9(12)15/h6H,1-5H2,(H,11,13,16). The number of nitrogens with zero attached hydrogens (tertiary/aromatic N) is 1. The van der Waals surface area contributed by atoms with Gasteiger partial charge in [-0.25, -0.2) is 0 Å². The molecule has 0 aromatic rings. The van der Waals surface area contributed by atoms with Gasteiger partial charge in [0.05, 0.1) is 0 Å². The molecule has 86 valence electrons. The lowest BCUT2D eigenvalue weighted by Crippen LogP contribution is -2.57. The molecule has 2 aliphatic rings. The number of nitrogens with one attached hydrogen (secondary N) is 1. The van der Waals surface area contributed by atoms with Crippen LogP contribution in [0.15, 0.2) is 0 Å². The number of imide groups is 2. The van der Waals surface area contributed by atoms with Crippen LogP contribution < -0.4 is 5.32 Å². The summed E-state index contributed by atoms with van der Waals surface area (Å²) in [6.07, 6.45) is 1.55. The summed E-state index contributed by atoms with van der Waals surface area (Å²) in [5.41, 5.74) is 0. The molecule has 4 amide bonds. The molecule has 6 nitrogen and oxygen atoms in total. The van der Waals surface area contributed by atoms with Crippen molar-refractivity contribution in [3.63, 3.8) is 0 Å². The smallest absolute Gasteiger partial charge is 0.249 e. The van der Waals surface area contributed by atoms with Crippen LogP contribution >= 0.6 is 0 Å². The van der Waals surface area contributed by atoms with E-state index < -0.39 is 11.9 Å². The van der Waals surface area contributed by atoms with Gasteiger partial charge in [0.2, 0.25) is 23.6 Å². The van der Waals surface area contributed by atoms with Crippen molar-refractivity contribution in [2.24, 2.45) is 0 Å². The van der Waals surface area contributed by atoms with Gasteiger partial charge in [-0.15, -0.1) is 0 Å². The molecule has 2 saturated heterocycles. The average molecular weight is 224 g/mol. The van der Waals surface area contributed by atoms with E-state index in [9.17, 15) is 19.2 Å². The molecule has 0 aliphatic carbocycles. The van der Waals surface area contributed by atoms with Crippen LogP contribution in [0.2, 0.25) is 0 Å². The summed E-state index contributed by atoms with van der Waals surface area (Å²) in [6.45, 7) is 0. The Balaban J connectivity index is 2.16. The number of hydrogen-bond acceptors (Lipinski definition) is 4. The highest BCUT2D eigenvalue weighted by Crippen LogP contribution is 2.20. The number of likely N-dealkylation sites (tertiary alicyclic amines) is 1. The van der Waals surface area contributed by atoms with Gasteiger partial charge in [0, 0.05) is 19.3 Å². The van der Waals surface area contributed by atoms with E-state index >= 15 is 0 Å². The van der Waals surface area contributed by atoms with E-state index in [1.807, 2.05) is 0 Å². The topological polar surface area (TPSA) is 83.6 Å². The maximum atomic E-state index is 11.6. The van der Waals surface area contributed by atoms with Crippen LogP contribution in [0.5, 0.6) is 0 Å². The summed E-state index contributed by atoms with van der Waals surface area (Å²) < 4.78 is 0. The highest BCUT2D eigenvalue weighted by molar-refractivity contribution is 6.06. The Hall–Kier alpha value is -1.72. The first-order chi connectivity index (χ1) is 7.59. The molecule has 2 aliphatic heterocycles. The zero-order chi connectivity index (χ0) is 11.7. The first kappa shape index (κ1) is 10.8. The molecule has 6 heteroatoms. The van der Waals surface area contributed by atoms with Gasteiger partial charge in [0.1, 0.15) is 6.04 Å². The Labute approximate surface area is 92.0 Å². The van der Waals surface area contributed by atoms with Crippen LogP contribution in [0.25, 0.3) is 0 Å². The molecule has 0 saturated carbocycles. The van der Waals surface area contributed by atoms with Crippen molar-refractivity contribution in [1.82, 2.24) is 10.2 Å². The summed E-state index contributed by atoms with van der Waals surface area (Å²) in [5.74, 6) is -1.52. The maximum absolute atomic E-state index is 11.6. The van der Waals surface area contributed by atoms with E-state index in [1.165, 1.54) is 0 Å². The number of hydrogen-bond donors (Lipinski definition) is 1. The molecule has 0 aromatic carbocycles. The SMILES string of the molecule is O=C1CCC(N2C(=O)CCCC2=O)C(=O)N1. The molecular formula is C10H12N2O4. The highest BCUT2D eigenvalue weighted by atomic mass is 16.2. The van der Waals surface area contributed by atoms with Crippen LogP contribution in [0.4, 0.5) is 0 Å². The fourth-order valence-corrected chi connectivity index (χ4v) is 2.05. The molecule has 0 radical (unpaired) electrons. The van der Waals surface area contributed by atoms with Gasteiger partial charge in [-0.1, -0.05) is 0 Å². The van der Waals surface area contributed by atoms with Gasteiger partial charge < -0.3 is 0 Å². The molecule has 2 rings (SSSR count). The molecule has 0 spiro atoms. The van der Waals surface area contributed by atoms with Crippen molar-refractivity contribution in [3.8, 4) is 0 Å². The lowest BCUT2D eigenvalue weighted by atomic mass is 10.00. The fourth-order valence-electron chi connectivity index (χ4n) is 2.05. The zero-order valence-electron chi connectivity index (χ0n) is 8.69. The summed E-state index contributed by atoms with van der Waals surface area (Å²) in [6, 6.07) is -0.794. The summed E-state index contributed by atoms with van der Waals surface area (Å²) in [4.78, 5) is 46.6. The predicted octanol–water partition coefficient (Wildman–Crippen LogP) is -0.669. The molecular weight excluding hydrogens is 212 g/mol. The second-order valence-electron chi connectivity index (χ2n) is 3.98. The van der Waals surface area contributed by atoms with Crippen LogP contribution in [-0.4, -0.2) is 34.6 Å². The minimum atomic E-state index is -0.794. The average Bonchev–Trinajstić information content (AvgIpc) is 2.20. The monoisotopic (exact) mass is 224 g/mol. The maximum Gasteiger partial charge on any atom is 0.249 e.